The molecule has 2 heterocycles. The average Bonchev–Trinajstić information content (AvgIpc) is 3.16. The van der Waals surface area contributed by atoms with Crippen LogP contribution in [0.1, 0.15) is 41.3 Å². The van der Waals surface area contributed by atoms with Gasteiger partial charge in [-0.3, -0.25) is 4.79 Å². The van der Waals surface area contributed by atoms with Crippen LogP contribution in [0.25, 0.3) is 11.4 Å². The van der Waals surface area contributed by atoms with Crippen molar-refractivity contribution in [1.29, 1.82) is 0 Å². The van der Waals surface area contributed by atoms with Gasteiger partial charge in [0.25, 0.3) is 5.91 Å². The van der Waals surface area contributed by atoms with E-state index in [1.807, 2.05) is 59.4 Å². The molecule has 0 bridgehead atoms. The lowest BCUT2D eigenvalue weighted by molar-refractivity contribution is 0.102. The third-order valence-corrected chi connectivity index (χ3v) is 4.82. The fourth-order valence-corrected chi connectivity index (χ4v) is 3.20. The first kappa shape index (κ1) is 17.9. The Bertz CT molecular complexity index is 1070. The molecule has 1 amide bonds. The van der Waals surface area contributed by atoms with E-state index in [0.29, 0.717) is 18.0 Å². The fraction of sp³-hybridized carbons (Fsp3) is 0.174. The molecule has 0 unspecified atom stereocenters. The standard InChI is InChI=1S/C23H22N4O/c1-16(2)17-7-9-19(10-8-17)26-23(28)20-6-4-3-5-18(20)13-27-12-11-21-22(14-27)25-15-24-21/h3-12,14-16H,13H2,1-2H3,(H,26,28). The summed E-state index contributed by atoms with van der Waals surface area (Å²) in [6.07, 6.45) is 5.46. The number of carbonyl (C=O) groups is 1. The molecule has 5 heteroatoms. The molecular formula is C23H22N4O. The number of pyridine rings is 1. The molecule has 0 spiro atoms. The Morgan fingerprint density at radius 2 is 1.75 bits per heavy atom. The van der Waals surface area contributed by atoms with Gasteiger partial charge in [0, 0.05) is 30.2 Å². The van der Waals surface area contributed by atoms with Crippen LogP contribution in [0.5, 0.6) is 0 Å². The van der Waals surface area contributed by atoms with Crippen molar-refractivity contribution in [2.75, 3.05) is 5.32 Å². The molecule has 0 saturated carbocycles. The Balaban J connectivity index is 1.55. The SMILES string of the molecule is CC(C)c1ccc(NC(=O)c2ccccc2Cn2ccc3ncnc-3c2)cc1. The second-order valence-corrected chi connectivity index (χ2v) is 7.15. The largest absolute Gasteiger partial charge is 0.348 e. The molecule has 0 aliphatic carbocycles. The van der Waals surface area contributed by atoms with Crippen molar-refractivity contribution >= 4 is 11.6 Å². The van der Waals surface area contributed by atoms with Crippen molar-refractivity contribution in [3.63, 3.8) is 0 Å². The molecule has 2 aliphatic rings. The fourth-order valence-electron chi connectivity index (χ4n) is 3.20. The van der Waals surface area contributed by atoms with Crippen LogP contribution in [0.15, 0.2) is 73.3 Å². The summed E-state index contributed by atoms with van der Waals surface area (Å²) < 4.78 is 2.01. The van der Waals surface area contributed by atoms with Gasteiger partial charge in [0.15, 0.2) is 0 Å². The molecular weight excluding hydrogens is 348 g/mol. The van der Waals surface area contributed by atoms with Crippen LogP contribution in [-0.2, 0) is 6.54 Å². The van der Waals surface area contributed by atoms with Crippen LogP contribution in [0.2, 0.25) is 0 Å². The molecule has 2 aromatic carbocycles. The number of imidazole rings is 1. The van der Waals surface area contributed by atoms with E-state index in [0.717, 1.165) is 22.6 Å². The maximum absolute atomic E-state index is 12.9. The molecule has 1 N–H and O–H groups in total. The highest BCUT2D eigenvalue weighted by atomic mass is 16.1. The van der Waals surface area contributed by atoms with Crippen LogP contribution in [0.3, 0.4) is 0 Å². The Morgan fingerprint density at radius 1 is 1.00 bits per heavy atom. The molecule has 0 saturated heterocycles. The maximum Gasteiger partial charge on any atom is 0.256 e. The monoisotopic (exact) mass is 370 g/mol. The van der Waals surface area contributed by atoms with Gasteiger partial charge >= 0.3 is 0 Å². The predicted octanol–water partition coefficient (Wildman–Crippen LogP) is 4.81. The summed E-state index contributed by atoms with van der Waals surface area (Å²) in [5.41, 5.74) is 5.37. The zero-order valence-electron chi connectivity index (χ0n) is 16.0. The molecule has 0 aromatic heterocycles. The smallest absolute Gasteiger partial charge is 0.256 e. The molecule has 0 fully saturated rings. The van der Waals surface area contributed by atoms with Gasteiger partial charge in [0.2, 0.25) is 0 Å². The summed E-state index contributed by atoms with van der Waals surface area (Å²) >= 11 is 0. The summed E-state index contributed by atoms with van der Waals surface area (Å²) in [6, 6.07) is 17.6. The van der Waals surface area contributed by atoms with E-state index < -0.39 is 0 Å². The Morgan fingerprint density at radius 3 is 2.54 bits per heavy atom. The molecule has 0 radical (unpaired) electrons. The molecule has 2 aromatic rings. The third kappa shape index (κ3) is 3.78. The molecule has 140 valence electrons. The number of anilines is 1. The lowest BCUT2D eigenvalue weighted by atomic mass is 10.0. The maximum atomic E-state index is 12.9. The lowest BCUT2D eigenvalue weighted by Gasteiger charge is -2.13. The van der Waals surface area contributed by atoms with Gasteiger partial charge in [-0.2, -0.15) is 0 Å². The minimum absolute atomic E-state index is 0.109. The van der Waals surface area contributed by atoms with Crippen molar-refractivity contribution in [3.05, 3.63) is 90.0 Å². The zero-order chi connectivity index (χ0) is 19.5. The third-order valence-electron chi connectivity index (χ3n) is 4.82. The normalized spacial score (nSPS) is 11.1. The minimum Gasteiger partial charge on any atom is -0.348 e. The molecule has 4 rings (SSSR count). The topological polar surface area (TPSA) is 59.8 Å². The van der Waals surface area contributed by atoms with Gasteiger partial charge in [0.1, 0.15) is 12.0 Å². The van der Waals surface area contributed by atoms with Crippen LogP contribution < -0.4 is 5.32 Å². The first-order valence-electron chi connectivity index (χ1n) is 9.36. The van der Waals surface area contributed by atoms with Gasteiger partial charge in [-0.25, -0.2) is 9.97 Å². The number of carbonyl (C=O) groups excluding carboxylic acids is 1. The van der Waals surface area contributed by atoms with E-state index in [-0.39, 0.29) is 5.91 Å². The van der Waals surface area contributed by atoms with E-state index in [2.05, 4.69) is 41.3 Å². The van der Waals surface area contributed by atoms with Gasteiger partial charge in [-0.1, -0.05) is 44.2 Å². The molecule has 2 aliphatic heterocycles. The number of hydrogen-bond acceptors (Lipinski definition) is 3. The number of benzene rings is 2. The summed E-state index contributed by atoms with van der Waals surface area (Å²) in [5.74, 6) is 0.356. The number of rotatable bonds is 5. The molecule has 28 heavy (non-hydrogen) atoms. The second kappa shape index (κ2) is 7.64. The first-order chi connectivity index (χ1) is 13.6. The quantitative estimate of drug-likeness (QED) is 0.548. The number of amides is 1. The summed E-state index contributed by atoms with van der Waals surface area (Å²) in [7, 11) is 0. The number of nitrogens with one attached hydrogen (secondary N) is 1. The van der Waals surface area contributed by atoms with E-state index in [1.54, 1.807) is 6.33 Å². The average molecular weight is 370 g/mol. The van der Waals surface area contributed by atoms with E-state index in [9.17, 15) is 4.79 Å². The van der Waals surface area contributed by atoms with E-state index in [4.69, 9.17) is 0 Å². The van der Waals surface area contributed by atoms with Crippen molar-refractivity contribution in [1.82, 2.24) is 14.5 Å². The highest BCUT2D eigenvalue weighted by molar-refractivity contribution is 6.05. The second-order valence-electron chi connectivity index (χ2n) is 7.15. The van der Waals surface area contributed by atoms with E-state index in [1.165, 1.54) is 5.56 Å². The van der Waals surface area contributed by atoms with Gasteiger partial charge < -0.3 is 9.88 Å². The van der Waals surface area contributed by atoms with Crippen molar-refractivity contribution in [3.8, 4) is 11.4 Å². The highest BCUT2D eigenvalue weighted by Gasteiger charge is 2.13. The lowest BCUT2D eigenvalue weighted by Crippen LogP contribution is -2.15. The van der Waals surface area contributed by atoms with Crippen LogP contribution in [-0.4, -0.2) is 20.4 Å². The highest BCUT2D eigenvalue weighted by Crippen LogP contribution is 2.20. The number of aromatic nitrogens is 3. The van der Waals surface area contributed by atoms with Crippen molar-refractivity contribution in [2.45, 2.75) is 26.3 Å². The Labute approximate surface area is 164 Å². The van der Waals surface area contributed by atoms with Gasteiger partial charge in [-0.15, -0.1) is 0 Å². The zero-order valence-corrected chi connectivity index (χ0v) is 16.0. The first-order valence-corrected chi connectivity index (χ1v) is 9.36. The number of nitrogens with zero attached hydrogens (tertiary/aromatic N) is 3. The van der Waals surface area contributed by atoms with Crippen LogP contribution in [0.4, 0.5) is 5.69 Å². The summed E-state index contributed by atoms with van der Waals surface area (Å²) in [6.45, 7) is 4.89. The minimum atomic E-state index is -0.109. The molecule has 0 atom stereocenters. The van der Waals surface area contributed by atoms with E-state index >= 15 is 0 Å². The van der Waals surface area contributed by atoms with Crippen molar-refractivity contribution in [2.24, 2.45) is 0 Å². The summed E-state index contributed by atoms with van der Waals surface area (Å²) in [5, 5.41) is 3.01. The number of fused-ring (bicyclic) bond motifs is 1. The van der Waals surface area contributed by atoms with Crippen LogP contribution >= 0.6 is 0 Å². The Hall–Kier alpha value is -3.47. The van der Waals surface area contributed by atoms with Crippen LogP contribution in [0, 0.1) is 0 Å². The van der Waals surface area contributed by atoms with Gasteiger partial charge in [-0.05, 0) is 41.3 Å². The predicted molar refractivity (Wildman–Crippen MR) is 111 cm³/mol. The van der Waals surface area contributed by atoms with Crippen molar-refractivity contribution < 1.29 is 4.79 Å². The van der Waals surface area contributed by atoms with Gasteiger partial charge in [0.05, 0.1) is 5.69 Å². The summed E-state index contributed by atoms with van der Waals surface area (Å²) in [4.78, 5) is 21.3. The Kier molecular flexibility index (Phi) is 4.89. The number of hydrogen-bond donors (Lipinski definition) is 1. The molecule has 5 nitrogen and oxygen atoms in total.